The summed E-state index contributed by atoms with van der Waals surface area (Å²) in [6.45, 7) is 1.39. The van der Waals surface area contributed by atoms with E-state index in [-0.39, 0.29) is 11.8 Å². The Kier molecular flexibility index (Phi) is 4.10. The molecule has 20 heavy (non-hydrogen) atoms. The van der Waals surface area contributed by atoms with Gasteiger partial charge >= 0.3 is 0 Å². The molecule has 2 aromatic rings. The van der Waals surface area contributed by atoms with Crippen molar-refractivity contribution in [3.63, 3.8) is 0 Å². The Morgan fingerprint density at radius 1 is 0.950 bits per heavy atom. The van der Waals surface area contributed by atoms with Crippen molar-refractivity contribution in [2.75, 3.05) is 10.6 Å². The van der Waals surface area contributed by atoms with Gasteiger partial charge in [-0.15, -0.1) is 0 Å². The van der Waals surface area contributed by atoms with Gasteiger partial charge in [-0.05, 0) is 36.4 Å². The molecule has 2 rings (SSSR count). The van der Waals surface area contributed by atoms with Crippen LogP contribution in [0.2, 0.25) is 0 Å². The fraction of sp³-hybridized carbons (Fsp3) is 0.0667. The predicted octanol–water partition coefficient (Wildman–Crippen LogP) is 3.04. The summed E-state index contributed by atoms with van der Waals surface area (Å²) in [6, 6.07) is 12.1. The molecule has 0 aliphatic rings. The molecule has 4 nitrogen and oxygen atoms in total. The van der Waals surface area contributed by atoms with Crippen molar-refractivity contribution in [3.8, 4) is 0 Å². The van der Waals surface area contributed by atoms with Gasteiger partial charge in [0.15, 0.2) is 0 Å². The van der Waals surface area contributed by atoms with Crippen molar-refractivity contribution in [2.24, 2.45) is 0 Å². The number of benzene rings is 2. The molecule has 102 valence electrons. The first-order valence-electron chi connectivity index (χ1n) is 5.99. The maximum absolute atomic E-state index is 13.0. The SMILES string of the molecule is CC(=O)Nc1cccc(C(=O)Nc2cccc(F)c2)c1. The van der Waals surface area contributed by atoms with Crippen molar-refractivity contribution in [1.29, 1.82) is 0 Å². The van der Waals surface area contributed by atoms with Gasteiger partial charge in [0.25, 0.3) is 5.91 Å². The highest BCUT2D eigenvalue weighted by Crippen LogP contribution is 2.14. The van der Waals surface area contributed by atoms with Gasteiger partial charge in [-0.1, -0.05) is 12.1 Å². The number of rotatable bonds is 3. The van der Waals surface area contributed by atoms with E-state index in [4.69, 9.17) is 0 Å². The van der Waals surface area contributed by atoms with Gasteiger partial charge in [-0.25, -0.2) is 4.39 Å². The molecule has 0 bridgehead atoms. The van der Waals surface area contributed by atoms with Gasteiger partial charge in [-0.3, -0.25) is 9.59 Å². The second-order valence-electron chi connectivity index (χ2n) is 4.23. The van der Waals surface area contributed by atoms with Gasteiger partial charge in [0.05, 0.1) is 0 Å². The third-order valence-corrected chi connectivity index (χ3v) is 2.53. The average molecular weight is 272 g/mol. The standard InChI is InChI=1S/C15H13FN2O2/c1-10(19)17-13-6-2-4-11(8-13)15(20)18-14-7-3-5-12(16)9-14/h2-9H,1H3,(H,17,19)(H,18,20). The Labute approximate surface area is 115 Å². The number of halogens is 1. The van der Waals surface area contributed by atoms with Crippen LogP contribution in [0, 0.1) is 5.82 Å². The van der Waals surface area contributed by atoms with Crippen molar-refractivity contribution >= 4 is 23.2 Å². The van der Waals surface area contributed by atoms with E-state index in [1.165, 1.54) is 25.1 Å². The molecule has 2 aromatic carbocycles. The highest BCUT2D eigenvalue weighted by Gasteiger charge is 2.07. The first-order chi connectivity index (χ1) is 9.54. The third kappa shape index (κ3) is 3.65. The van der Waals surface area contributed by atoms with Crippen LogP contribution < -0.4 is 10.6 Å². The van der Waals surface area contributed by atoms with Crippen molar-refractivity contribution in [1.82, 2.24) is 0 Å². The molecule has 0 heterocycles. The number of hydrogen-bond donors (Lipinski definition) is 2. The third-order valence-electron chi connectivity index (χ3n) is 2.53. The van der Waals surface area contributed by atoms with Crippen molar-refractivity contribution < 1.29 is 14.0 Å². The number of anilines is 2. The summed E-state index contributed by atoms with van der Waals surface area (Å²) < 4.78 is 13.0. The molecular weight excluding hydrogens is 259 g/mol. The Balaban J connectivity index is 2.15. The maximum atomic E-state index is 13.0. The minimum Gasteiger partial charge on any atom is -0.326 e. The van der Waals surface area contributed by atoms with Gasteiger partial charge < -0.3 is 10.6 Å². The molecule has 0 aliphatic carbocycles. The molecule has 0 unspecified atom stereocenters. The summed E-state index contributed by atoms with van der Waals surface area (Å²) in [5, 5.41) is 5.18. The molecule has 0 saturated heterocycles. The Morgan fingerprint density at radius 2 is 1.60 bits per heavy atom. The Morgan fingerprint density at radius 3 is 2.25 bits per heavy atom. The lowest BCUT2D eigenvalue weighted by Crippen LogP contribution is -2.13. The minimum absolute atomic E-state index is 0.215. The fourth-order valence-corrected chi connectivity index (χ4v) is 1.71. The van der Waals surface area contributed by atoms with E-state index in [2.05, 4.69) is 10.6 Å². The molecule has 0 aliphatic heterocycles. The minimum atomic E-state index is -0.421. The molecule has 0 atom stereocenters. The average Bonchev–Trinajstić information content (AvgIpc) is 2.38. The number of carbonyl (C=O) groups is 2. The molecule has 0 spiro atoms. The van der Waals surface area contributed by atoms with E-state index >= 15 is 0 Å². The molecule has 0 fully saturated rings. The topological polar surface area (TPSA) is 58.2 Å². The normalized spacial score (nSPS) is 9.90. The number of amides is 2. The summed E-state index contributed by atoms with van der Waals surface area (Å²) >= 11 is 0. The van der Waals surface area contributed by atoms with Crippen LogP contribution >= 0.6 is 0 Å². The molecule has 0 aromatic heterocycles. The second-order valence-corrected chi connectivity index (χ2v) is 4.23. The number of nitrogens with one attached hydrogen (secondary N) is 2. The van der Waals surface area contributed by atoms with Gasteiger partial charge in [0.1, 0.15) is 5.82 Å². The van der Waals surface area contributed by atoms with Crippen LogP contribution in [0.1, 0.15) is 17.3 Å². The van der Waals surface area contributed by atoms with Crippen LogP contribution in [0.4, 0.5) is 15.8 Å². The van der Waals surface area contributed by atoms with E-state index in [1.54, 1.807) is 30.3 Å². The summed E-state index contributed by atoms with van der Waals surface area (Å²) in [7, 11) is 0. The summed E-state index contributed by atoms with van der Waals surface area (Å²) in [5.74, 6) is -1.01. The lowest BCUT2D eigenvalue weighted by atomic mass is 10.2. The Bertz CT molecular complexity index is 656. The molecule has 5 heteroatoms. The second kappa shape index (κ2) is 5.97. The van der Waals surface area contributed by atoms with Gasteiger partial charge in [0, 0.05) is 23.9 Å². The maximum Gasteiger partial charge on any atom is 0.255 e. The quantitative estimate of drug-likeness (QED) is 0.902. The van der Waals surface area contributed by atoms with Gasteiger partial charge in [0.2, 0.25) is 5.91 Å². The number of carbonyl (C=O) groups excluding carboxylic acids is 2. The van der Waals surface area contributed by atoms with E-state index in [9.17, 15) is 14.0 Å². The zero-order valence-electron chi connectivity index (χ0n) is 10.8. The molecule has 0 saturated carbocycles. The highest BCUT2D eigenvalue weighted by atomic mass is 19.1. The smallest absolute Gasteiger partial charge is 0.255 e. The molecular formula is C15H13FN2O2. The molecule has 2 amide bonds. The summed E-state index contributed by atoms with van der Waals surface area (Å²) in [5.41, 5.74) is 1.28. The monoisotopic (exact) mass is 272 g/mol. The van der Waals surface area contributed by atoms with Crippen LogP contribution in [0.25, 0.3) is 0 Å². The molecule has 0 radical (unpaired) electrons. The highest BCUT2D eigenvalue weighted by molar-refractivity contribution is 6.05. The molecule has 2 N–H and O–H groups in total. The summed E-state index contributed by atoms with van der Waals surface area (Å²) in [4.78, 5) is 23.0. The van der Waals surface area contributed by atoms with E-state index in [0.717, 1.165) is 0 Å². The van der Waals surface area contributed by atoms with Crippen LogP contribution in [0.15, 0.2) is 48.5 Å². The first-order valence-corrected chi connectivity index (χ1v) is 5.99. The van der Waals surface area contributed by atoms with Crippen molar-refractivity contribution in [2.45, 2.75) is 6.92 Å². The lowest BCUT2D eigenvalue weighted by molar-refractivity contribution is -0.114. The number of hydrogen-bond acceptors (Lipinski definition) is 2. The zero-order valence-corrected chi connectivity index (χ0v) is 10.8. The lowest BCUT2D eigenvalue weighted by Gasteiger charge is -2.07. The zero-order chi connectivity index (χ0) is 14.5. The fourth-order valence-electron chi connectivity index (χ4n) is 1.71. The van der Waals surface area contributed by atoms with E-state index < -0.39 is 5.82 Å². The van der Waals surface area contributed by atoms with Gasteiger partial charge in [-0.2, -0.15) is 0 Å². The first kappa shape index (κ1) is 13.7. The van der Waals surface area contributed by atoms with Crippen LogP contribution in [-0.4, -0.2) is 11.8 Å². The summed E-state index contributed by atoms with van der Waals surface area (Å²) in [6.07, 6.45) is 0. The van der Waals surface area contributed by atoms with E-state index in [1.807, 2.05) is 0 Å². The van der Waals surface area contributed by atoms with Crippen LogP contribution in [0.5, 0.6) is 0 Å². The largest absolute Gasteiger partial charge is 0.326 e. The van der Waals surface area contributed by atoms with Crippen LogP contribution in [0.3, 0.4) is 0 Å². The van der Waals surface area contributed by atoms with E-state index in [0.29, 0.717) is 16.9 Å². The van der Waals surface area contributed by atoms with Crippen molar-refractivity contribution in [3.05, 3.63) is 59.9 Å². The Hall–Kier alpha value is -2.69. The van der Waals surface area contributed by atoms with Crippen LogP contribution in [-0.2, 0) is 4.79 Å². The predicted molar refractivity (Wildman–Crippen MR) is 75.1 cm³/mol.